The van der Waals surface area contributed by atoms with E-state index in [1.165, 1.54) is 16.3 Å². The number of carbonyl (C=O) groups excluding carboxylic acids is 1. The molecule has 0 saturated carbocycles. The third-order valence-corrected chi connectivity index (χ3v) is 5.59. The second kappa shape index (κ2) is 9.65. The maximum atomic E-state index is 12.7. The molecule has 1 N–H and O–H groups in total. The highest BCUT2D eigenvalue weighted by molar-refractivity contribution is 5.76. The minimum Gasteiger partial charge on any atom is -0.497 e. The summed E-state index contributed by atoms with van der Waals surface area (Å²) in [7, 11) is 7.65. The molecule has 0 radical (unpaired) electrons. The largest absolute Gasteiger partial charge is 0.497 e. The highest BCUT2D eigenvalue weighted by Gasteiger charge is 2.24. The van der Waals surface area contributed by atoms with Crippen molar-refractivity contribution in [1.82, 2.24) is 4.90 Å². The van der Waals surface area contributed by atoms with Crippen LogP contribution >= 0.6 is 0 Å². The highest BCUT2D eigenvalue weighted by Crippen LogP contribution is 2.20. The zero-order valence-electron chi connectivity index (χ0n) is 18.0. The van der Waals surface area contributed by atoms with Crippen molar-refractivity contribution in [2.45, 2.75) is 6.54 Å². The number of quaternary nitrogens is 1. The molecule has 2 aromatic carbocycles. The van der Waals surface area contributed by atoms with Gasteiger partial charge in [0.1, 0.15) is 5.75 Å². The van der Waals surface area contributed by atoms with Crippen LogP contribution in [0.2, 0.25) is 0 Å². The molecule has 0 aromatic heterocycles. The fourth-order valence-electron chi connectivity index (χ4n) is 3.68. The number of hydrogen-bond acceptors (Lipinski definition) is 4. The fourth-order valence-corrected chi connectivity index (χ4v) is 3.68. The number of likely N-dealkylation sites (N-methyl/N-ethyl adjacent to an activating group) is 1. The van der Waals surface area contributed by atoms with E-state index in [0.29, 0.717) is 13.1 Å². The summed E-state index contributed by atoms with van der Waals surface area (Å²) in [5, 5.41) is 0. The molecular formula is C23H33N4O2+. The predicted molar refractivity (Wildman–Crippen MR) is 118 cm³/mol. The molecule has 0 bridgehead atoms. The number of hydrogen-bond donors (Lipinski definition) is 1. The molecule has 1 heterocycles. The van der Waals surface area contributed by atoms with Crippen LogP contribution in [0, 0.1) is 0 Å². The van der Waals surface area contributed by atoms with Crippen LogP contribution in [-0.4, -0.2) is 71.8 Å². The Labute approximate surface area is 174 Å². The molecule has 1 saturated heterocycles. The van der Waals surface area contributed by atoms with Gasteiger partial charge in [-0.05, 0) is 29.8 Å². The zero-order chi connectivity index (χ0) is 20.8. The van der Waals surface area contributed by atoms with Gasteiger partial charge in [-0.3, -0.25) is 4.79 Å². The van der Waals surface area contributed by atoms with Crippen LogP contribution in [0.25, 0.3) is 0 Å². The Bertz CT molecular complexity index is 799. The van der Waals surface area contributed by atoms with E-state index in [0.717, 1.165) is 37.5 Å². The topological polar surface area (TPSA) is 40.5 Å². The predicted octanol–water partition coefficient (Wildman–Crippen LogP) is 1.12. The molecule has 3 rings (SSSR count). The number of benzene rings is 2. The SMILES string of the molecule is COc1cccc(N2CC[NH+](CC(=O)N(C)Cc3ccc(N(C)C)cc3)CC2)c1. The van der Waals surface area contributed by atoms with Crippen LogP contribution in [0.1, 0.15) is 5.56 Å². The van der Waals surface area contributed by atoms with Gasteiger partial charge in [0.05, 0.1) is 33.3 Å². The van der Waals surface area contributed by atoms with Crippen LogP contribution in [0.5, 0.6) is 5.75 Å². The normalized spacial score (nSPS) is 14.6. The first-order valence-electron chi connectivity index (χ1n) is 10.2. The van der Waals surface area contributed by atoms with Crippen molar-refractivity contribution < 1.29 is 14.4 Å². The molecular weight excluding hydrogens is 364 g/mol. The van der Waals surface area contributed by atoms with Crippen molar-refractivity contribution in [2.24, 2.45) is 0 Å². The van der Waals surface area contributed by atoms with Crippen molar-refractivity contribution >= 4 is 17.3 Å². The zero-order valence-corrected chi connectivity index (χ0v) is 18.0. The van der Waals surface area contributed by atoms with Gasteiger partial charge in [-0.1, -0.05) is 18.2 Å². The number of ether oxygens (including phenoxy) is 1. The molecule has 1 fully saturated rings. The van der Waals surface area contributed by atoms with Crippen molar-refractivity contribution in [3.8, 4) is 5.75 Å². The lowest BCUT2D eigenvalue weighted by Gasteiger charge is -2.34. The summed E-state index contributed by atoms with van der Waals surface area (Å²) in [6.45, 7) is 5.04. The van der Waals surface area contributed by atoms with Crippen molar-refractivity contribution in [3.63, 3.8) is 0 Å². The first kappa shape index (κ1) is 21.0. The summed E-state index contributed by atoms with van der Waals surface area (Å²) in [6.07, 6.45) is 0. The lowest BCUT2D eigenvalue weighted by Crippen LogP contribution is -3.15. The molecule has 0 aliphatic carbocycles. The molecule has 6 heteroatoms. The van der Waals surface area contributed by atoms with E-state index in [2.05, 4.69) is 46.2 Å². The van der Waals surface area contributed by atoms with Gasteiger partial charge in [-0.2, -0.15) is 0 Å². The maximum absolute atomic E-state index is 12.7. The Hall–Kier alpha value is -2.73. The van der Waals surface area contributed by atoms with Gasteiger partial charge >= 0.3 is 0 Å². The number of anilines is 2. The third-order valence-electron chi connectivity index (χ3n) is 5.59. The Morgan fingerprint density at radius 2 is 1.76 bits per heavy atom. The average Bonchev–Trinajstić information content (AvgIpc) is 2.74. The van der Waals surface area contributed by atoms with E-state index in [4.69, 9.17) is 4.74 Å². The molecule has 1 amide bonds. The van der Waals surface area contributed by atoms with Gasteiger partial charge in [0, 0.05) is 45.1 Å². The number of rotatable bonds is 7. The Morgan fingerprint density at radius 3 is 2.38 bits per heavy atom. The van der Waals surface area contributed by atoms with E-state index < -0.39 is 0 Å². The van der Waals surface area contributed by atoms with E-state index in [-0.39, 0.29) is 5.91 Å². The summed E-state index contributed by atoms with van der Waals surface area (Å²) >= 11 is 0. The minimum absolute atomic E-state index is 0.200. The van der Waals surface area contributed by atoms with Crippen LogP contribution < -0.4 is 19.4 Å². The monoisotopic (exact) mass is 397 g/mol. The lowest BCUT2D eigenvalue weighted by atomic mass is 10.2. The maximum Gasteiger partial charge on any atom is 0.277 e. The Balaban J connectivity index is 1.47. The number of methoxy groups -OCH3 is 1. The quantitative estimate of drug-likeness (QED) is 0.760. The summed E-state index contributed by atoms with van der Waals surface area (Å²) in [6, 6.07) is 16.6. The van der Waals surface area contributed by atoms with Gasteiger partial charge < -0.3 is 24.3 Å². The summed E-state index contributed by atoms with van der Waals surface area (Å²) in [4.78, 5) is 20.3. The van der Waals surface area contributed by atoms with E-state index in [1.807, 2.05) is 38.2 Å². The molecule has 156 valence electrons. The molecule has 29 heavy (non-hydrogen) atoms. The molecule has 0 spiro atoms. The lowest BCUT2D eigenvalue weighted by molar-refractivity contribution is -0.892. The van der Waals surface area contributed by atoms with E-state index >= 15 is 0 Å². The van der Waals surface area contributed by atoms with Crippen molar-refractivity contribution in [3.05, 3.63) is 54.1 Å². The van der Waals surface area contributed by atoms with Gasteiger partial charge in [0.25, 0.3) is 5.91 Å². The van der Waals surface area contributed by atoms with Crippen molar-refractivity contribution in [1.29, 1.82) is 0 Å². The third kappa shape index (κ3) is 5.64. The van der Waals surface area contributed by atoms with Gasteiger partial charge in [0.15, 0.2) is 6.54 Å². The summed E-state index contributed by atoms with van der Waals surface area (Å²) in [5.41, 5.74) is 3.51. The molecule has 1 aliphatic rings. The first-order chi connectivity index (χ1) is 14.0. The Morgan fingerprint density at radius 1 is 1.07 bits per heavy atom. The minimum atomic E-state index is 0.200. The van der Waals surface area contributed by atoms with Crippen LogP contribution in [0.15, 0.2) is 48.5 Å². The summed E-state index contributed by atoms with van der Waals surface area (Å²) < 4.78 is 5.33. The first-order valence-corrected chi connectivity index (χ1v) is 10.2. The average molecular weight is 398 g/mol. The number of carbonyl (C=O) groups is 1. The van der Waals surface area contributed by atoms with Gasteiger partial charge in [-0.15, -0.1) is 0 Å². The summed E-state index contributed by atoms with van der Waals surface area (Å²) in [5.74, 6) is 1.08. The second-order valence-electron chi connectivity index (χ2n) is 7.93. The van der Waals surface area contributed by atoms with Crippen LogP contribution in [0.4, 0.5) is 11.4 Å². The van der Waals surface area contributed by atoms with Crippen molar-refractivity contribution in [2.75, 3.05) is 70.8 Å². The molecule has 0 unspecified atom stereocenters. The number of nitrogens with one attached hydrogen (secondary N) is 1. The molecule has 6 nitrogen and oxygen atoms in total. The number of amides is 1. The highest BCUT2D eigenvalue weighted by atomic mass is 16.5. The smallest absolute Gasteiger partial charge is 0.277 e. The standard InChI is InChI=1S/C23H32N4O2/c1-24(2)20-10-8-19(9-11-20)17-25(3)23(28)18-26-12-14-27(15-13-26)21-6-5-7-22(16-21)29-4/h5-11,16H,12-15,17-18H2,1-4H3/p+1. The Kier molecular flexibility index (Phi) is 6.99. The molecule has 1 aliphatic heterocycles. The van der Waals surface area contributed by atoms with Gasteiger partial charge in [-0.25, -0.2) is 0 Å². The van der Waals surface area contributed by atoms with Gasteiger partial charge in [0.2, 0.25) is 0 Å². The number of nitrogens with zero attached hydrogens (tertiary/aromatic N) is 3. The van der Waals surface area contributed by atoms with E-state index in [9.17, 15) is 4.79 Å². The fraction of sp³-hybridized carbons (Fsp3) is 0.435. The number of piperazine rings is 1. The molecule has 0 atom stereocenters. The second-order valence-corrected chi connectivity index (χ2v) is 7.93. The molecule has 2 aromatic rings. The van der Waals surface area contributed by atoms with Crippen LogP contribution in [0.3, 0.4) is 0 Å². The van der Waals surface area contributed by atoms with E-state index in [1.54, 1.807) is 7.11 Å². The van der Waals surface area contributed by atoms with Crippen LogP contribution in [-0.2, 0) is 11.3 Å².